The van der Waals surface area contributed by atoms with Crippen molar-refractivity contribution in [2.45, 2.75) is 31.7 Å². The van der Waals surface area contributed by atoms with Crippen LogP contribution < -0.4 is 5.32 Å². The lowest BCUT2D eigenvalue weighted by Gasteiger charge is -2.52. The Hall–Kier alpha value is -3.85. The van der Waals surface area contributed by atoms with Gasteiger partial charge >= 0.3 is 0 Å². The predicted molar refractivity (Wildman–Crippen MR) is 138 cm³/mol. The van der Waals surface area contributed by atoms with Gasteiger partial charge in [-0.05, 0) is 46.5 Å². The summed E-state index contributed by atoms with van der Waals surface area (Å²) in [5.74, 6) is -0.0518. The molecule has 9 heteroatoms. The van der Waals surface area contributed by atoms with Crippen molar-refractivity contribution in [2.24, 2.45) is 5.41 Å². The summed E-state index contributed by atoms with van der Waals surface area (Å²) in [6.45, 7) is 3.79. The molecule has 0 unspecified atom stereocenters. The lowest BCUT2D eigenvalue weighted by atomic mass is 9.49. The predicted octanol–water partition coefficient (Wildman–Crippen LogP) is 5.56. The van der Waals surface area contributed by atoms with E-state index in [2.05, 4.69) is 36.4 Å². The minimum absolute atomic E-state index is 0.0399. The number of carbonyl (C=O) groups excluding carboxylic acids is 1. The van der Waals surface area contributed by atoms with Gasteiger partial charge < -0.3 is 0 Å². The molecule has 1 atom stereocenters. The fourth-order valence-electron chi connectivity index (χ4n) is 6.06. The third kappa shape index (κ3) is 2.95. The van der Waals surface area contributed by atoms with E-state index in [1.807, 2.05) is 80.6 Å². The van der Waals surface area contributed by atoms with Gasteiger partial charge in [0, 0.05) is 38.4 Å². The van der Waals surface area contributed by atoms with Crippen LogP contribution in [0.25, 0.3) is 11.4 Å². The lowest BCUT2D eigenvalue weighted by molar-refractivity contribution is -0.573. The highest BCUT2D eigenvalue weighted by molar-refractivity contribution is 9.10. The van der Waals surface area contributed by atoms with Gasteiger partial charge in [0.1, 0.15) is 0 Å². The zero-order valence-electron chi connectivity index (χ0n) is 19.6. The first-order chi connectivity index (χ1) is 17.3. The molecule has 0 fully saturated rings. The molecule has 2 bridgehead atoms. The topological polar surface area (TPSA) is 114 Å². The van der Waals surface area contributed by atoms with Crippen molar-refractivity contribution in [2.75, 3.05) is 5.32 Å². The molecule has 7 rings (SSSR count). The van der Waals surface area contributed by atoms with E-state index in [1.165, 1.54) is 0 Å². The van der Waals surface area contributed by atoms with Gasteiger partial charge in [0.2, 0.25) is 11.9 Å². The first-order valence-corrected chi connectivity index (χ1v) is 12.4. The number of H-pyrrole nitrogens is 1. The van der Waals surface area contributed by atoms with Gasteiger partial charge in [-0.3, -0.25) is 25.3 Å². The van der Waals surface area contributed by atoms with Crippen LogP contribution in [0.1, 0.15) is 47.1 Å². The Balaban J connectivity index is 1.42. The van der Waals surface area contributed by atoms with Crippen LogP contribution in [0.4, 0.5) is 5.95 Å². The fraction of sp³-hybridized carbons (Fsp3) is 0.222. The fourth-order valence-corrected chi connectivity index (χ4v) is 6.51. The summed E-state index contributed by atoms with van der Waals surface area (Å²) >= 11 is 3.58. The van der Waals surface area contributed by atoms with Gasteiger partial charge in [0.15, 0.2) is 5.82 Å². The van der Waals surface area contributed by atoms with E-state index >= 15 is 0 Å². The monoisotopic (exact) mass is 543 g/mol. The van der Waals surface area contributed by atoms with Crippen molar-refractivity contribution in [1.29, 1.82) is 0 Å². The number of aryl methyl sites for hydroxylation is 1. The zero-order valence-corrected chi connectivity index (χ0v) is 21.2. The summed E-state index contributed by atoms with van der Waals surface area (Å²) in [6, 6.07) is 20.6. The van der Waals surface area contributed by atoms with Crippen LogP contribution in [-0.2, 0) is 10.3 Å². The number of fused-ring (bicyclic) bond motifs is 1. The Morgan fingerprint density at radius 1 is 1.08 bits per heavy atom. The molecule has 1 heterocycles. The summed E-state index contributed by atoms with van der Waals surface area (Å²) in [7, 11) is 0. The average molecular weight is 544 g/mol. The van der Waals surface area contributed by atoms with E-state index in [9.17, 15) is 14.9 Å². The van der Waals surface area contributed by atoms with Gasteiger partial charge in [-0.15, -0.1) is 5.10 Å². The highest BCUT2D eigenvalue weighted by atomic mass is 79.9. The Kier molecular flexibility index (Phi) is 4.91. The number of nitro groups is 1. The maximum absolute atomic E-state index is 13.9. The van der Waals surface area contributed by atoms with Crippen molar-refractivity contribution in [3.8, 4) is 11.4 Å². The van der Waals surface area contributed by atoms with Crippen molar-refractivity contribution in [1.82, 2.24) is 15.2 Å². The molecule has 4 aromatic rings. The molecule has 3 aliphatic carbocycles. The highest BCUT2D eigenvalue weighted by Gasteiger charge is 2.67. The number of nitrogens with zero attached hydrogens (tertiary/aromatic N) is 3. The summed E-state index contributed by atoms with van der Waals surface area (Å²) in [4.78, 5) is 30.9. The molecule has 3 aromatic carbocycles. The van der Waals surface area contributed by atoms with Gasteiger partial charge in [-0.1, -0.05) is 66.7 Å². The standard InChI is InChI=1S/C27H22BrN5O3/c1-15-8-7-11-18(22(15)28)23-29-25(32-31-23)30-24(34)26(2)14-27(33(35)36)19-12-5-3-9-16(19)21(26)17-10-4-6-13-20(17)27/h3-13,21H,14H2,1-2H3,(H2,29,30,31,32,34)/t21?,26-,27?/m0/s1. The lowest BCUT2D eigenvalue weighted by Crippen LogP contribution is -2.57. The number of nitrogens with one attached hydrogen (secondary N) is 2. The van der Waals surface area contributed by atoms with Crippen molar-refractivity contribution in [3.05, 3.63) is 109 Å². The molecule has 36 heavy (non-hydrogen) atoms. The number of amides is 1. The van der Waals surface area contributed by atoms with Crippen LogP contribution in [-0.4, -0.2) is 26.0 Å². The van der Waals surface area contributed by atoms with Crippen LogP contribution in [0, 0.1) is 22.5 Å². The number of hydrogen-bond donors (Lipinski definition) is 2. The summed E-state index contributed by atoms with van der Waals surface area (Å²) < 4.78 is 0.886. The molecule has 1 amide bonds. The normalized spacial score (nSPS) is 23.6. The minimum atomic E-state index is -1.51. The van der Waals surface area contributed by atoms with Gasteiger partial charge in [0.05, 0.1) is 5.41 Å². The SMILES string of the molecule is Cc1cccc(-c2nc(NC(=O)[C@@]3(C)CC4([N+](=O)[O-])c5ccccc5C3c3ccccc34)n[nH]2)c1Br. The zero-order chi connectivity index (χ0) is 25.2. The largest absolute Gasteiger partial charge is 0.293 e. The minimum Gasteiger partial charge on any atom is -0.293 e. The number of anilines is 1. The molecule has 180 valence electrons. The first-order valence-electron chi connectivity index (χ1n) is 11.6. The third-order valence-electron chi connectivity index (χ3n) is 7.68. The number of hydrogen-bond acceptors (Lipinski definition) is 5. The second-order valence-corrected chi connectivity index (χ2v) is 10.5. The number of benzene rings is 3. The number of halogens is 1. The van der Waals surface area contributed by atoms with Crippen LogP contribution in [0.3, 0.4) is 0 Å². The maximum atomic E-state index is 13.9. The number of rotatable bonds is 4. The third-order valence-corrected chi connectivity index (χ3v) is 8.74. The van der Waals surface area contributed by atoms with Gasteiger partial charge in [-0.2, -0.15) is 4.98 Å². The van der Waals surface area contributed by atoms with Gasteiger partial charge in [-0.25, -0.2) is 0 Å². The number of carbonyl (C=O) groups is 1. The van der Waals surface area contributed by atoms with E-state index in [0.717, 1.165) is 26.7 Å². The van der Waals surface area contributed by atoms with Crippen LogP contribution in [0.2, 0.25) is 0 Å². The molecular weight excluding hydrogens is 522 g/mol. The van der Waals surface area contributed by atoms with E-state index in [0.29, 0.717) is 17.0 Å². The second kappa shape index (κ2) is 7.83. The van der Waals surface area contributed by atoms with E-state index in [1.54, 1.807) is 0 Å². The number of aromatic amines is 1. The molecule has 1 aromatic heterocycles. The smallest absolute Gasteiger partial charge is 0.273 e. The van der Waals surface area contributed by atoms with Crippen molar-refractivity contribution in [3.63, 3.8) is 0 Å². The van der Waals surface area contributed by atoms with Crippen molar-refractivity contribution < 1.29 is 9.72 Å². The Bertz CT molecular complexity index is 1520. The first kappa shape index (κ1) is 22.6. The van der Waals surface area contributed by atoms with Crippen LogP contribution in [0.15, 0.2) is 71.2 Å². The second-order valence-electron chi connectivity index (χ2n) is 9.72. The molecule has 3 aliphatic rings. The van der Waals surface area contributed by atoms with Gasteiger partial charge in [0.25, 0.3) is 5.54 Å². The average Bonchev–Trinajstić information content (AvgIpc) is 3.33. The molecule has 0 saturated carbocycles. The Morgan fingerprint density at radius 2 is 1.72 bits per heavy atom. The number of aromatic nitrogens is 3. The molecule has 2 N–H and O–H groups in total. The molecule has 0 spiro atoms. The highest BCUT2D eigenvalue weighted by Crippen LogP contribution is 2.63. The van der Waals surface area contributed by atoms with Crippen LogP contribution in [0.5, 0.6) is 0 Å². The van der Waals surface area contributed by atoms with E-state index in [4.69, 9.17) is 0 Å². The molecule has 0 saturated heterocycles. The molecule has 0 radical (unpaired) electrons. The molecular formula is C27H22BrN5O3. The van der Waals surface area contributed by atoms with Crippen molar-refractivity contribution >= 4 is 27.8 Å². The quantitative estimate of drug-likeness (QED) is 0.258. The molecule has 0 aliphatic heterocycles. The summed E-state index contributed by atoms with van der Waals surface area (Å²) in [5, 5.41) is 22.7. The van der Waals surface area contributed by atoms with Crippen LogP contribution >= 0.6 is 15.9 Å². The van der Waals surface area contributed by atoms with E-state index in [-0.39, 0.29) is 29.1 Å². The Labute approximate surface area is 215 Å². The van der Waals surface area contributed by atoms with E-state index < -0.39 is 11.0 Å². The summed E-state index contributed by atoms with van der Waals surface area (Å²) in [5.41, 5.74) is 2.21. The maximum Gasteiger partial charge on any atom is 0.273 e. The Morgan fingerprint density at radius 3 is 2.36 bits per heavy atom. The molecule has 8 nitrogen and oxygen atoms in total. The summed E-state index contributed by atoms with van der Waals surface area (Å²) in [6.07, 6.45) is 0.0399.